The lowest BCUT2D eigenvalue weighted by Gasteiger charge is -2.09. The van der Waals surface area contributed by atoms with E-state index in [1.807, 2.05) is 0 Å². The molecule has 0 aliphatic rings. The van der Waals surface area contributed by atoms with E-state index in [9.17, 15) is 18.0 Å². The van der Waals surface area contributed by atoms with E-state index in [2.05, 4.69) is 0 Å². The Balaban J connectivity index is 1.90. The maximum atomic E-state index is 14.0. The average molecular weight is 346 g/mol. The summed E-state index contributed by atoms with van der Waals surface area (Å²) in [5.41, 5.74) is -0.817. The fourth-order valence-corrected chi connectivity index (χ4v) is 2.44. The van der Waals surface area contributed by atoms with Crippen molar-refractivity contribution in [3.05, 3.63) is 71.5 Å². The van der Waals surface area contributed by atoms with Crippen LogP contribution in [-0.2, 0) is 0 Å². The van der Waals surface area contributed by atoms with Crippen LogP contribution in [0.1, 0.15) is 17.3 Å². The standard InChI is InChI=1S/C19H13F3O3/c1-2-24-13-9-16(21)18(17(22)10-13)19(23)25-12-6-7-14-11(8-12)4-3-5-15(14)20/h3-10H,2H2,1H3. The molecule has 0 radical (unpaired) electrons. The van der Waals surface area contributed by atoms with Gasteiger partial charge in [-0.25, -0.2) is 18.0 Å². The number of carbonyl (C=O) groups is 1. The van der Waals surface area contributed by atoms with Crippen LogP contribution in [0.15, 0.2) is 48.5 Å². The van der Waals surface area contributed by atoms with Crippen LogP contribution >= 0.6 is 0 Å². The summed E-state index contributed by atoms with van der Waals surface area (Å²) in [7, 11) is 0. The predicted octanol–water partition coefficient (Wildman–Crippen LogP) is 4.88. The maximum Gasteiger partial charge on any atom is 0.349 e. The predicted molar refractivity (Wildman–Crippen MR) is 86.4 cm³/mol. The maximum absolute atomic E-state index is 14.0. The summed E-state index contributed by atoms with van der Waals surface area (Å²) >= 11 is 0. The first-order valence-corrected chi connectivity index (χ1v) is 7.52. The van der Waals surface area contributed by atoms with Gasteiger partial charge >= 0.3 is 5.97 Å². The highest BCUT2D eigenvalue weighted by Crippen LogP contribution is 2.26. The molecule has 0 saturated carbocycles. The zero-order chi connectivity index (χ0) is 18.0. The Labute approximate surface area is 141 Å². The van der Waals surface area contributed by atoms with Gasteiger partial charge in [0.2, 0.25) is 0 Å². The SMILES string of the molecule is CCOc1cc(F)c(C(=O)Oc2ccc3c(F)cccc3c2)c(F)c1. The largest absolute Gasteiger partial charge is 0.494 e. The third-order valence-electron chi connectivity index (χ3n) is 3.54. The lowest BCUT2D eigenvalue weighted by Crippen LogP contribution is -2.13. The molecular weight excluding hydrogens is 333 g/mol. The number of halogens is 3. The number of ether oxygens (including phenoxy) is 2. The van der Waals surface area contributed by atoms with E-state index in [0.717, 1.165) is 12.1 Å². The van der Waals surface area contributed by atoms with Gasteiger partial charge in [-0.1, -0.05) is 12.1 Å². The van der Waals surface area contributed by atoms with Crippen molar-refractivity contribution in [3.8, 4) is 11.5 Å². The molecular formula is C19H13F3O3. The van der Waals surface area contributed by atoms with Crippen LogP contribution in [0.5, 0.6) is 11.5 Å². The summed E-state index contributed by atoms with van der Waals surface area (Å²) in [5, 5.41) is 0.846. The minimum atomic E-state index is -1.19. The number of carbonyl (C=O) groups excluding carboxylic acids is 1. The van der Waals surface area contributed by atoms with Gasteiger partial charge in [0.1, 0.15) is 34.5 Å². The highest BCUT2D eigenvalue weighted by atomic mass is 19.1. The second-order valence-corrected chi connectivity index (χ2v) is 5.21. The Bertz CT molecular complexity index is 931. The number of hydrogen-bond donors (Lipinski definition) is 0. The molecule has 0 amide bonds. The highest BCUT2D eigenvalue weighted by molar-refractivity contribution is 5.93. The summed E-state index contributed by atoms with van der Waals surface area (Å²) in [6.45, 7) is 1.90. The van der Waals surface area contributed by atoms with E-state index < -0.39 is 29.0 Å². The van der Waals surface area contributed by atoms with Crippen molar-refractivity contribution in [2.75, 3.05) is 6.61 Å². The molecule has 0 spiro atoms. The monoisotopic (exact) mass is 346 g/mol. The van der Waals surface area contributed by atoms with Crippen LogP contribution in [0.3, 0.4) is 0 Å². The van der Waals surface area contributed by atoms with Crippen molar-refractivity contribution < 1.29 is 27.4 Å². The second kappa shape index (κ2) is 6.84. The van der Waals surface area contributed by atoms with Crippen molar-refractivity contribution >= 4 is 16.7 Å². The van der Waals surface area contributed by atoms with Gasteiger partial charge in [0.15, 0.2) is 0 Å². The Kier molecular flexibility index (Phi) is 4.61. The molecule has 3 aromatic rings. The van der Waals surface area contributed by atoms with Gasteiger partial charge in [-0.2, -0.15) is 0 Å². The summed E-state index contributed by atoms with van der Waals surface area (Å²) in [4.78, 5) is 12.1. The van der Waals surface area contributed by atoms with Crippen molar-refractivity contribution in [2.24, 2.45) is 0 Å². The third kappa shape index (κ3) is 3.42. The summed E-state index contributed by atoms with van der Waals surface area (Å²) < 4.78 is 51.7. The van der Waals surface area contributed by atoms with Gasteiger partial charge in [-0.15, -0.1) is 0 Å². The van der Waals surface area contributed by atoms with E-state index >= 15 is 0 Å². The quantitative estimate of drug-likeness (QED) is 0.499. The van der Waals surface area contributed by atoms with Gasteiger partial charge in [-0.05, 0) is 36.6 Å². The molecule has 0 fully saturated rings. The van der Waals surface area contributed by atoms with E-state index in [-0.39, 0.29) is 18.1 Å². The van der Waals surface area contributed by atoms with Crippen LogP contribution in [-0.4, -0.2) is 12.6 Å². The fourth-order valence-electron chi connectivity index (χ4n) is 2.44. The summed E-state index contributed by atoms with van der Waals surface area (Å²) in [6.07, 6.45) is 0. The lowest BCUT2D eigenvalue weighted by atomic mass is 10.1. The number of rotatable bonds is 4. The van der Waals surface area contributed by atoms with Gasteiger partial charge in [0.25, 0.3) is 0 Å². The molecule has 128 valence electrons. The number of benzene rings is 3. The van der Waals surface area contributed by atoms with Crippen LogP contribution in [0, 0.1) is 17.5 Å². The first-order chi connectivity index (χ1) is 12.0. The normalized spacial score (nSPS) is 10.7. The lowest BCUT2D eigenvalue weighted by molar-refractivity contribution is 0.0724. The Morgan fingerprint density at radius 2 is 1.64 bits per heavy atom. The molecule has 0 aliphatic carbocycles. The Hall–Kier alpha value is -3.02. The first-order valence-electron chi connectivity index (χ1n) is 7.52. The van der Waals surface area contributed by atoms with E-state index in [0.29, 0.717) is 10.8 Å². The highest BCUT2D eigenvalue weighted by Gasteiger charge is 2.21. The van der Waals surface area contributed by atoms with Crippen LogP contribution in [0.25, 0.3) is 10.8 Å². The Morgan fingerprint density at radius 1 is 0.920 bits per heavy atom. The molecule has 0 unspecified atom stereocenters. The van der Waals surface area contributed by atoms with E-state index in [4.69, 9.17) is 9.47 Å². The minimum absolute atomic E-state index is 0.0183. The van der Waals surface area contributed by atoms with Gasteiger partial charge < -0.3 is 9.47 Å². The molecule has 0 heterocycles. The van der Waals surface area contributed by atoms with E-state index in [1.165, 1.54) is 30.3 Å². The molecule has 0 aromatic heterocycles. The zero-order valence-electron chi connectivity index (χ0n) is 13.2. The summed E-state index contributed by atoms with van der Waals surface area (Å²) in [5.74, 6) is -3.74. The summed E-state index contributed by atoms with van der Waals surface area (Å²) in [6, 6.07) is 10.5. The minimum Gasteiger partial charge on any atom is -0.494 e. The van der Waals surface area contributed by atoms with Crippen LogP contribution < -0.4 is 9.47 Å². The van der Waals surface area contributed by atoms with Crippen molar-refractivity contribution in [3.63, 3.8) is 0 Å². The molecule has 6 heteroatoms. The molecule has 0 bridgehead atoms. The smallest absolute Gasteiger partial charge is 0.349 e. The second-order valence-electron chi connectivity index (χ2n) is 5.21. The van der Waals surface area contributed by atoms with Gasteiger partial charge in [0.05, 0.1) is 6.61 Å². The van der Waals surface area contributed by atoms with Crippen LogP contribution in [0.4, 0.5) is 13.2 Å². The number of fused-ring (bicyclic) bond motifs is 1. The fraction of sp³-hybridized carbons (Fsp3) is 0.105. The molecule has 0 atom stereocenters. The molecule has 0 aliphatic heterocycles. The molecule has 0 N–H and O–H groups in total. The molecule has 25 heavy (non-hydrogen) atoms. The Morgan fingerprint density at radius 3 is 2.32 bits per heavy atom. The topological polar surface area (TPSA) is 35.5 Å². The average Bonchev–Trinajstić information content (AvgIpc) is 2.54. The van der Waals surface area contributed by atoms with Crippen molar-refractivity contribution in [1.29, 1.82) is 0 Å². The third-order valence-corrected chi connectivity index (χ3v) is 3.54. The van der Waals surface area contributed by atoms with Gasteiger partial charge in [0, 0.05) is 17.5 Å². The molecule has 3 nitrogen and oxygen atoms in total. The molecule has 0 saturated heterocycles. The van der Waals surface area contributed by atoms with Crippen molar-refractivity contribution in [2.45, 2.75) is 6.92 Å². The van der Waals surface area contributed by atoms with Crippen LogP contribution in [0.2, 0.25) is 0 Å². The molecule has 3 rings (SSSR count). The molecule has 3 aromatic carbocycles. The zero-order valence-corrected chi connectivity index (χ0v) is 13.2. The van der Waals surface area contributed by atoms with Gasteiger partial charge in [-0.3, -0.25) is 0 Å². The number of hydrogen-bond acceptors (Lipinski definition) is 3. The van der Waals surface area contributed by atoms with E-state index in [1.54, 1.807) is 13.0 Å². The first kappa shape index (κ1) is 16.8. The number of esters is 1. The van der Waals surface area contributed by atoms with Crippen molar-refractivity contribution in [1.82, 2.24) is 0 Å².